The maximum atomic E-state index is 13.2. The van der Waals surface area contributed by atoms with Crippen LogP contribution >= 0.6 is 0 Å². The standard InChI is InChI=1S/C13H19F/c1-3-4-5-6-8-12-9-7-10-13(14)11(12)2/h7,9-10H,3-6,8H2,1-2H3. The van der Waals surface area contributed by atoms with Crippen molar-refractivity contribution < 1.29 is 4.39 Å². The lowest BCUT2D eigenvalue weighted by molar-refractivity contribution is 0.610. The Morgan fingerprint density at radius 1 is 1.14 bits per heavy atom. The van der Waals surface area contributed by atoms with Crippen LogP contribution in [-0.4, -0.2) is 0 Å². The number of rotatable bonds is 5. The summed E-state index contributed by atoms with van der Waals surface area (Å²) in [5.41, 5.74) is 1.99. The average molecular weight is 194 g/mol. The van der Waals surface area contributed by atoms with Crippen LogP contribution in [0.25, 0.3) is 0 Å². The van der Waals surface area contributed by atoms with Gasteiger partial charge in [-0.25, -0.2) is 4.39 Å². The number of aryl methyl sites for hydroxylation is 1. The molecule has 0 radical (unpaired) electrons. The molecular formula is C13H19F. The molecule has 0 saturated heterocycles. The van der Waals surface area contributed by atoms with Gasteiger partial charge in [-0.1, -0.05) is 38.3 Å². The van der Waals surface area contributed by atoms with Crippen LogP contribution in [0.1, 0.15) is 43.7 Å². The number of hydrogen-bond donors (Lipinski definition) is 0. The van der Waals surface area contributed by atoms with Crippen molar-refractivity contribution in [2.75, 3.05) is 0 Å². The lowest BCUT2D eigenvalue weighted by Crippen LogP contribution is -1.93. The van der Waals surface area contributed by atoms with Gasteiger partial charge in [0.15, 0.2) is 0 Å². The topological polar surface area (TPSA) is 0 Å². The van der Waals surface area contributed by atoms with Crippen molar-refractivity contribution in [1.29, 1.82) is 0 Å². The smallest absolute Gasteiger partial charge is 0.126 e. The molecule has 0 aliphatic heterocycles. The first kappa shape index (κ1) is 11.2. The Labute approximate surface area is 86.2 Å². The molecule has 0 saturated carbocycles. The summed E-state index contributed by atoms with van der Waals surface area (Å²) < 4.78 is 13.2. The minimum absolute atomic E-state index is 0.0713. The van der Waals surface area contributed by atoms with Gasteiger partial charge < -0.3 is 0 Å². The van der Waals surface area contributed by atoms with E-state index in [2.05, 4.69) is 6.92 Å². The molecule has 78 valence electrons. The summed E-state index contributed by atoms with van der Waals surface area (Å²) in [4.78, 5) is 0. The Bertz CT molecular complexity index is 279. The van der Waals surface area contributed by atoms with E-state index in [-0.39, 0.29) is 5.82 Å². The minimum atomic E-state index is -0.0713. The van der Waals surface area contributed by atoms with Crippen molar-refractivity contribution in [3.05, 3.63) is 35.1 Å². The van der Waals surface area contributed by atoms with E-state index < -0.39 is 0 Å². The average Bonchev–Trinajstić information content (AvgIpc) is 2.19. The van der Waals surface area contributed by atoms with E-state index in [1.165, 1.54) is 37.3 Å². The van der Waals surface area contributed by atoms with Crippen LogP contribution in [-0.2, 0) is 6.42 Å². The molecule has 0 aliphatic rings. The Kier molecular flexibility index (Phi) is 4.64. The van der Waals surface area contributed by atoms with Gasteiger partial charge in [-0.15, -0.1) is 0 Å². The van der Waals surface area contributed by atoms with E-state index in [1.807, 2.05) is 13.0 Å². The summed E-state index contributed by atoms with van der Waals surface area (Å²) in [6, 6.07) is 5.37. The molecule has 0 nitrogen and oxygen atoms in total. The SMILES string of the molecule is CCCCCCc1cccc(F)c1C. The van der Waals surface area contributed by atoms with Gasteiger partial charge in [-0.05, 0) is 37.0 Å². The minimum Gasteiger partial charge on any atom is -0.207 e. The highest BCUT2D eigenvalue weighted by Crippen LogP contribution is 2.15. The van der Waals surface area contributed by atoms with Gasteiger partial charge >= 0.3 is 0 Å². The summed E-state index contributed by atoms with van der Waals surface area (Å²) in [6.45, 7) is 4.07. The zero-order valence-corrected chi connectivity index (χ0v) is 9.15. The monoisotopic (exact) mass is 194 g/mol. The Morgan fingerprint density at radius 2 is 1.93 bits per heavy atom. The Balaban J connectivity index is 2.46. The van der Waals surface area contributed by atoms with Crippen molar-refractivity contribution >= 4 is 0 Å². The van der Waals surface area contributed by atoms with Crippen LogP contribution in [0, 0.1) is 12.7 Å². The van der Waals surface area contributed by atoms with Crippen LogP contribution in [0.3, 0.4) is 0 Å². The van der Waals surface area contributed by atoms with E-state index >= 15 is 0 Å². The first-order valence-electron chi connectivity index (χ1n) is 5.49. The van der Waals surface area contributed by atoms with Crippen molar-refractivity contribution in [1.82, 2.24) is 0 Å². The molecule has 0 aromatic heterocycles. The highest BCUT2D eigenvalue weighted by atomic mass is 19.1. The molecule has 0 spiro atoms. The van der Waals surface area contributed by atoms with E-state index in [4.69, 9.17) is 0 Å². The normalized spacial score (nSPS) is 10.5. The summed E-state index contributed by atoms with van der Waals surface area (Å²) in [7, 11) is 0. The van der Waals surface area contributed by atoms with E-state index in [1.54, 1.807) is 6.07 Å². The van der Waals surface area contributed by atoms with E-state index in [9.17, 15) is 4.39 Å². The van der Waals surface area contributed by atoms with Crippen LogP contribution in [0.15, 0.2) is 18.2 Å². The molecule has 1 rings (SSSR count). The van der Waals surface area contributed by atoms with Crippen LogP contribution in [0.5, 0.6) is 0 Å². The third-order valence-electron chi connectivity index (χ3n) is 2.68. The molecule has 1 heteroatoms. The second kappa shape index (κ2) is 5.79. The number of halogens is 1. The van der Waals surface area contributed by atoms with Crippen molar-refractivity contribution in [3.8, 4) is 0 Å². The molecule has 0 unspecified atom stereocenters. The van der Waals surface area contributed by atoms with Crippen LogP contribution in [0.4, 0.5) is 4.39 Å². The van der Waals surface area contributed by atoms with Gasteiger partial charge in [0, 0.05) is 0 Å². The number of unbranched alkanes of at least 4 members (excludes halogenated alkanes) is 3. The quantitative estimate of drug-likeness (QED) is 0.614. The van der Waals surface area contributed by atoms with Gasteiger partial charge in [-0.2, -0.15) is 0 Å². The molecule has 0 atom stereocenters. The lowest BCUT2D eigenvalue weighted by Gasteiger charge is -2.05. The Morgan fingerprint density at radius 3 is 2.64 bits per heavy atom. The van der Waals surface area contributed by atoms with Gasteiger partial charge in [0.05, 0.1) is 0 Å². The third-order valence-corrected chi connectivity index (χ3v) is 2.68. The van der Waals surface area contributed by atoms with Crippen LogP contribution in [0.2, 0.25) is 0 Å². The Hall–Kier alpha value is -0.850. The van der Waals surface area contributed by atoms with Crippen molar-refractivity contribution in [3.63, 3.8) is 0 Å². The first-order chi connectivity index (χ1) is 6.75. The van der Waals surface area contributed by atoms with Gasteiger partial charge in [-0.3, -0.25) is 0 Å². The molecule has 0 heterocycles. The van der Waals surface area contributed by atoms with E-state index in [0.29, 0.717) is 0 Å². The van der Waals surface area contributed by atoms with Crippen LogP contribution < -0.4 is 0 Å². The van der Waals surface area contributed by atoms with E-state index in [0.717, 1.165) is 12.0 Å². The zero-order valence-electron chi connectivity index (χ0n) is 9.15. The molecule has 1 aromatic carbocycles. The van der Waals surface area contributed by atoms with Crippen molar-refractivity contribution in [2.24, 2.45) is 0 Å². The molecule has 14 heavy (non-hydrogen) atoms. The van der Waals surface area contributed by atoms with Crippen molar-refractivity contribution in [2.45, 2.75) is 46.0 Å². The first-order valence-corrected chi connectivity index (χ1v) is 5.49. The fraction of sp³-hybridized carbons (Fsp3) is 0.538. The zero-order chi connectivity index (χ0) is 10.4. The number of benzene rings is 1. The molecular weight excluding hydrogens is 175 g/mol. The predicted octanol–water partition coefficient (Wildman–Crippen LogP) is 4.26. The summed E-state index contributed by atoms with van der Waals surface area (Å²) >= 11 is 0. The van der Waals surface area contributed by atoms with Gasteiger partial charge in [0.2, 0.25) is 0 Å². The molecule has 0 amide bonds. The molecule has 0 aliphatic carbocycles. The fourth-order valence-electron chi connectivity index (χ4n) is 1.67. The second-order valence-corrected chi connectivity index (χ2v) is 3.83. The lowest BCUT2D eigenvalue weighted by atomic mass is 10.0. The highest BCUT2D eigenvalue weighted by Gasteiger charge is 2.02. The molecule has 0 bridgehead atoms. The largest absolute Gasteiger partial charge is 0.207 e. The predicted molar refractivity (Wildman–Crippen MR) is 59.0 cm³/mol. The maximum absolute atomic E-state index is 13.2. The fourth-order valence-corrected chi connectivity index (χ4v) is 1.67. The summed E-state index contributed by atoms with van der Waals surface area (Å²) in [5.74, 6) is -0.0713. The molecule has 0 fully saturated rings. The second-order valence-electron chi connectivity index (χ2n) is 3.83. The third kappa shape index (κ3) is 3.13. The molecule has 0 N–H and O–H groups in total. The van der Waals surface area contributed by atoms with Gasteiger partial charge in [0.1, 0.15) is 5.82 Å². The summed E-state index contributed by atoms with van der Waals surface area (Å²) in [6.07, 6.45) is 5.99. The summed E-state index contributed by atoms with van der Waals surface area (Å²) in [5, 5.41) is 0. The maximum Gasteiger partial charge on any atom is 0.126 e. The molecule has 1 aromatic rings. The number of hydrogen-bond acceptors (Lipinski definition) is 0. The highest BCUT2D eigenvalue weighted by molar-refractivity contribution is 5.27. The van der Waals surface area contributed by atoms with Gasteiger partial charge in [0.25, 0.3) is 0 Å².